The summed E-state index contributed by atoms with van der Waals surface area (Å²) >= 11 is 0. The van der Waals surface area contributed by atoms with Crippen molar-refractivity contribution >= 4 is 0 Å². The van der Waals surface area contributed by atoms with E-state index in [1.54, 1.807) is 0 Å². The second-order valence-electron chi connectivity index (χ2n) is 2.39. The molecule has 0 unspecified atom stereocenters. The van der Waals surface area contributed by atoms with E-state index in [2.05, 4.69) is 26.9 Å². The van der Waals surface area contributed by atoms with Crippen molar-refractivity contribution < 1.29 is 31.0 Å². The molecule has 1 fully saturated rings. The molecule has 4 heteroatoms. The molecule has 0 heterocycles. The van der Waals surface area contributed by atoms with Crippen molar-refractivity contribution in [2.45, 2.75) is 32.6 Å². The first-order valence-corrected chi connectivity index (χ1v) is 3.51. The van der Waals surface area contributed by atoms with Crippen molar-refractivity contribution in [3.63, 3.8) is 0 Å². The number of hydrogen-bond acceptors (Lipinski definition) is 0. The fraction of sp³-hybridized carbons (Fsp3) is 0.667. The van der Waals surface area contributed by atoms with Crippen LogP contribution in [-0.4, -0.2) is 0 Å². The summed E-state index contributed by atoms with van der Waals surface area (Å²) in [6.07, 6.45) is 5.95. The molecular weight excluding hydrogens is 211 g/mol. The van der Waals surface area contributed by atoms with E-state index in [9.17, 15) is 0 Å². The first kappa shape index (κ1) is 23.0. The van der Waals surface area contributed by atoms with Gasteiger partial charge in [-0.05, 0) is 5.92 Å². The second kappa shape index (κ2) is 29.8. The predicted octanol–water partition coefficient (Wildman–Crippen LogP) is 2.08. The summed E-state index contributed by atoms with van der Waals surface area (Å²) in [5, 5.41) is 0. The van der Waals surface area contributed by atoms with Crippen molar-refractivity contribution in [3.05, 3.63) is 20.0 Å². The van der Waals surface area contributed by atoms with Gasteiger partial charge in [0.2, 0.25) is 0 Å². The molecule has 0 aliphatic heterocycles. The van der Waals surface area contributed by atoms with E-state index in [0.29, 0.717) is 0 Å². The Labute approximate surface area is 89.9 Å². The fourth-order valence-corrected chi connectivity index (χ4v) is 1.13. The summed E-state index contributed by atoms with van der Waals surface area (Å²) in [5.74, 6) is 1.05. The number of hydrogen-bond donors (Lipinski definition) is 0. The molecule has 0 aromatic heterocycles. The molecule has 3 nitrogen and oxygen atoms in total. The van der Waals surface area contributed by atoms with Crippen LogP contribution in [0.3, 0.4) is 0 Å². The molecular formula is C9H12MnO3. The summed E-state index contributed by atoms with van der Waals surface area (Å²) in [6, 6.07) is 0. The van der Waals surface area contributed by atoms with Crippen LogP contribution in [0.15, 0.2) is 0 Å². The third-order valence-electron chi connectivity index (χ3n) is 1.64. The van der Waals surface area contributed by atoms with Crippen molar-refractivity contribution in [2.75, 3.05) is 0 Å². The van der Waals surface area contributed by atoms with Gasteiger partial charge >= 0.3 is 33.9 Å². The van der Waals surface area contributed by atoms with Crippen molar-refractivity contribution in [2.24, 2.45) is 5.92 Å². The molecule has 0 saturated heterocycles. The van der Waals surface area contributed by atoms with Gasteiger partial charge in [0.25, 0.3) is 0 Å². The van der Waals surface area contributed by atoms with E-state index in [4.69, 9.17) is 14.0 Å². The Morgan fingerprint density at radius 2 is 1.08 bits per heavy atom. The van der Waals surface area contributed by atoms with Crippen molar-refractivity contribution in [3.8, 4) is 0 Å². The maximum Gasteiger partial charge on any atom is 0 e. The minimum absolute atomic E-state index is 0. The van der Waals surface area contributed by atoms with Gasteiger partial charge in [-0.3, -0.25) is 0 Å². The molecule has 1 aliphatic carbocycles. The van der Waals surface area contributed by atoms with Crippen molar-refractivity contribution in [1.29, 1.82) is 0 Å². The standard InChI is InChI=1S/C6H12.3CO.Mn/c1-6-4-2-3-5-6;3*1-2;/h6H,2-5H2,1H3;;;;. The Morgan fingerprint density at radius 1 is 0.846 bits per heavy atom. The Morgan fingerprint density at radius 3 is 1.15 bits per heavy atom. The van der Waals surface area contributed by atoms with Crippen LogP contribution in [0.5, 0.6) is 0 Å². The zero-order valence-corrected chi connectivity index (χ0v) is 8.69. The molecule has 0 atom stereocenters. The van der Waals surface area contributed by atoms with E-state index in [0.717, 1.165) is 5.92 Å². The third-order valence-corrected chi connectivity index (χ3v) is 1.64. The van der Waals surface area contributed by atoms with Crippen molar-refractivity contribution in [1.82, 2.24) is 0 Å². The van der Waals surface area contributed by atoms with Gasteiger partial charge in [0.1, 0.15) is 0 Å². The summed E-state index contributed by atoms with van der Waals surface area (Å²) in [5.41, 5.74) is 0. The molecule has 13 heavy (non-hydrogen) atoms. The fourth-order valence-electron chi connectivity index (χ4n) is 1.13. The van der Waals surface area contributed by atoms with Crippen LogP contribution in [0.25, 0.3) is 0 Å². The monoisotopic (exact) mass is 223 g/mol. The van der Waals surface area contributed by atoms with Crippen LogP contribution in [0.2, 0.25) is 0 Å². The minimum Gasteiger partial charge on any atom is 0 e. The number of rotatable bonds is 0. The molecule has 0 N–H and O–H groups in total. The molecule has 1 saturated carbocycles. The van der Waals surface area contributed by atoms with Crippen LogP contribution in [0.1, 0.15) is 32.6 Å². The first-order valence-electron chi connectivity index (χ1n) is 3.51. The van der Waals surface area contributed by atoms with Crippen LogP contribution in [0.4, 0.5) is 0 Å². The molecule has 0 bridgehead atoms. The van der Waals surface area contributed by atoms with E-state index in [-0.39, 0.29) is 17.1 Å². The first-order chi connectivity index (χ1) is 5.89. The quantitative estimate of drug-likeness (QED) is 0.343. The van der Waals surface area contributed by atoms with E-state index >= 15 is 0 Å². The molecule has 1 aliphatic rings. The molecule has 73 valence electrons. The third kappa shape index (κ3) is 24.5. The zero-order valence-electron chi connectivity index (χ0n) is 7.51. The average Bonchev–Trinajstić information content (AvgIpc) is 2.66. The van der Waals surface area contributed by atoms with Gasteiger partial charge in [-0.25, -0.2) is 0 Å². The van der Waals surface area contributed by atoms with Gasteiger partial charge in [0.15, 0.2) is 0 Å². The molecule has 0 aromatic rings. The average molecular weight is 223 g/mol. The topological polar surface area (TPSA) is 59.7 Å². The predicted molar refractivity (Wildman–Crippen MR) is 39.4 cm³/mol. The van der Waals surface area contributed by atoms with Crippen LogP contribution >= 0.6 is 0 Å². The normalized spacial score (nSPS) is 12.2. The molecule has 0 amide bonds. The van der Waals surface area contributed by atoms with Gasteiger partial charge in [-0.15, -0.1) is 0 Å². The largest absolute Gasteiger partial charge is 0 e. The van der Waals surface area contributed by atoms with Gasteiger partial charge < -0.3 is 0 Å². The van der Waals surface area contributed by atoms with E-state index in [1.165, 1.54) is 25.7 Å². The minimum atomic E-state index is 0. The maximum atomic E-state index is 7.50. The Balaban J connectivity index is -0.0000000508. The zero-order chi connectivity index (χ0) is 10.4. The molecule has 1 radical (unpaired) electrons. The van der Waals surface area contributed by atoms with E-state index < -0.39 is 0 Å². The second-order valence-corrected chi connectivity index (χ2v) is 2.39. The van der Waals surface area contributed by atoms with Gasteiger partial charge in [0, 0.05) is 17.1 Å². The Bertz CT molecular complexity index is 108. The smallest absolute Gasteiger partial charge is 0 e. The van der Waals surface area contributed by atoms with Gasteiger partial charge in [-0.2, -0.15) is 0 Å². The Hall–Kier alpha value is -0.261. The molecule has 0 spiro atoms. The van der Waals surface area contributed by atoms with Crippen LogP contribution in [-0.2, 0) is 31.0 Å². The van der Waals surface area contributed by atoms with Gasteiger partial charge in [0.05, 0.1) is 0 Å². The molecule has 0 aromatic carbocycles. The maximum absolute atomic E-state index is 7.50. The summed E-state index contributed by atoms with van der Waals surface area (Å²) in [6.45, 7) is 15.8. The summed E-state index contributed by atoms with van der Waals surface area (Å²) < 4.78 is 22.5. The molecule has 1 rings (SSSR count). The summed E-state index contributed by atoms with van der Waals surface area (Å²) in [7, 11) is 0. The Kier molecular flexibility index (Phi) is 52.7. The van der Waals surface area contributed by atoms with Gasteiger partial charge in [-0.1, -0.05) is 32.6 Å². The van der Waals surface area contributed by atoms with E-state index in [1.807, 2.05) is 0 Å². The SMILES string of the molecule is CC1CCCC1.[C-]#[O+].[C-]#[O+].[C-]#[O+].[Mn]. The van der Waals surface area contributed by atoms with Crippen LogP contribution in [0, 0.1) is 25.9 Å². The van der Waals surface area contributed by atoms with Crippen LogP contribution < -0.4 is 0 Å². The summed E-state index contributed by atoms with van der Waals surface area (Å²) in [4.78, 5) is 0.